The van der Waals surface area contributed by atoms with E-state index >= 15 is 0 Å². The summed E-state index contributed by atoms with van der Waals surface area (Å²) in [6.45, 7) is 1.76. The fourth-order valence-corrected chi connectivity index (χ4v) is 3.79. The number of benzene rings is 2. The molecule has 0 spiro atoms. The fourth-order valence-electron chi connectivity index (χ4n) is 2.80. The molecule has 0 amide bonds. The van der Waals surface area contributed by atoms with Gasteiger partial charge in [-0.15, -0.1) is 0 Å². The zero-order chi connectivity index (χ0) is 19.7. The van der Waals surface area contributed by atoms with Gasteiger partial charge in [-0.25, -0.2) is 13.1 Å². The average molecular weight is 399 g/mol. The van der Waals surface area contributed by atoms with Crippen molar-refractivity contribution in [3.63, 3.8) is 0 Å². The Morgan fingerprint density at radius 2 is 1.93 bits per heavy atom. The standard InChI is InChI=1S/C19H17N3O5S/c1-12-15-10-13(25-2)8-9-16(15)26-18(12)19-21-17(27-22-19)11-20-28(23,24)14-6-4-3-5-7-14/h3-10,20H,11H2,1-2H3. The molecule has 2 aromatic heterocycles. The van der Waals surface area contributed by atoms with Gasteiger partial charge in [-0.2, -0.15) is 4.98 Å². The molecule has 0 saturated heterocycles. The number of aryl methyl sites for hydroxylation is 1. The van der Waals surface area contributed by atoms with Gasteiger partial charge in [0.25, 0.3) is 0 Å². The first-order valence-corrected chi connectivity index (χ1v) is 9.91. The van der Waals surface area contributed by atoms with E-state index in [0.717, 1.165) is 10.9 Å². The predicted octanol–water partition coefficient (Wildman–Crippen LogP) is 3.28. The van der Waals surface area contributed by atoms with E-state index in [1.54, 1.807) is 37.4 Å². The molecule has 0 fully saturated rings. The molecule has 28 heavy (non-hydrogen) atoms. The van der Waals surface area contributed by atoms with Gasteiger partial charge in [0.05, 0.1) is 18.6 Å². The number of hydrogen-bond donors (Lipinski definition) is 1. The van der Waals surface area contributed by atoms with Gasteiger partial charge in [-0.1, -0.05) is 23.4 Å². The van der Waals surface area contributed by atoms with E-state index in [2.05, 4.69) is 14.9 Å². The summed E-state index contributed by atoms with van der Waals surface area (Å²) in [7, 11) is -2.07. The lowest BCUT2D eigenvalue weighted by Crippen LogP contribution is -2.23. The zero-order valence-corrected chi connectivity index (χ0v) is 16.0. The number of aromatic nitrogens is 2. The molecule has 4 aromatic rings. The summed E-state index contributed by atoms with van der Waals surface area (Å²) < 4.78 is 43.3. The van der Waals surface area contributed by atoms with Crippen LogP contribution in [0.4, 0.5) is 0 Å². The van der Waals surface area contributed by atoms with Crippen molar-refractivity contribution >= 4 is 21.0 Å². The van der Waals surface area contributed by atoms with Crippen LogP contribution in [-0.4, -0.2) is 25.7 Å². The van der Waals surface area contributed by atoms with Gasteiger partial charge >= 0.3 is 0 Å². The summed E-state index contributed by atoms with van der Waals surface area (Å²) >= 11 is 0. The largest absolute Gasteiger partial charge is 0.497 e. The maximum absolute atomic E-state index is 12.3. The second kappa shape index (κ2) is 7.10. The summed E-state index contributed by atoms with van der Waals surface area (Å²) in [5.74, 6) is 1.56. The van der Waals surface area contributed by atoms with Gasteiger partial charge in [-0.05, 0) is 37.3 Å². The molecule has 0 radical (unpaired) electrons. The third-order valence-corrected chi connectivity index (χ3v) is 5.70. The highest BCUT2D eigenvalue weighted by atomic mass is 32.2. The molecule has 2 aromatic carbocycles. The third kappa shape index (κ3) is 3.37. The van der Waals surface area contributed by atoms with E-state index in [1.807, 2.05) is 13.0 Å². The lowest BCUT2D eigenvalue weighted by molar-refractivity contribution is 0.375. The fraction of sp³-hybridized carbons (Fsp3) is 0.158. The number of fused-ring (bicyclic) bond motifs is 1. The summed E-state index contributed by atoms with van der Waals surface area (Å²) in [6.07, 6.45) is 0. The SMILES string of the molecule is COc1ccc2oc(-c3noc(CNS(=O)(=O)c4ccccc4)n3)c(C)c2c1. The zero-order valence-electron chi connectivity index (χ0n) is 15.2. The number of nitrogens with one attached hydrogen (secondary N) is 1. The van der Waals surface area contributed by atoms with E-state index < -0.39 is 10.0 Å². The van der Waals surface area contributed by atoms with Crippen molar-refractivity contribution in [2.75, 3.05) is 7.11 Å². The number of methoxy groups -OCH3 is 1. The average Bonchev–Trinajstić information content (AvgIpc) is 3.31. The van der Waals surface area contributed by atoms with Crippen LogP contribution in [0.1, 0.15) is 11.5 Å². The van der Waals surface area contributed by atoms with Crippen LogP contribution in [-0.2, 0) is 16.6 Å². The highest BCUT2D eigenvalue weighted by Gasteiger charge is 2.20. The molecule has 0 atom stereocenters. The topological polar surface area (TPSA) is 107 Å². The summed E-state index contributed by atoms with van der Waals surface area (Å²) in [6, 6.07) is 13.5. The maximum Gasteiger partial charge on any atom is 0.242 e. The Kier molecular flexibility index (Phi) is 4.62. The minimum absolute atomic E-state index is 0.128. The van der Waals surface area contributed by atoms with Crippen LogP contribution in [0.5, 0.6) is 5.75 Å². The first-order valence-electron chi connectivity index (χ1n) is 8.43. The minimum Gasteiger partial charge on any atom is -0.497 e. The Morgan fingerprint density at radius 1 is 1.14 bits per heavy atom. The predicted molar refractivity (Wildman–Crippen MR) is 101 cm³/mol. The van der Waals surface area contributed by atoms with Crippen LogP contribution in [0.25, 0.3) is 22.6 Å². The van der Waals surface area contributed by atoms with E-state index in [4.69, 9.17) is 13.7 Å². The lowest BCUT2D eigenvalue weighted by Gasteiger charge is -2.03. The van der Waals surface area contributed by atoms with Crippen LogP contribution in [0.15, 0.2) is 62.4 Å². The number of rotatable bonds is 6. The number of sulfonamides is 1. The van der Waals surface area contributed by atoms with Gasteiger partial charge in [0.1, 0.15) is 11.3 Å². The van der Waals surface area contributed by atoms with Crippen molar-refractivity contribution in [2.45, 2.75) is 18.4 Å². The van der Waals surface area contributed by atoms with E-state index in [9.17, 15) is 8.42 Å². The van der Waals surface area contributed by atoms with Crippen molar-refractivity contribution < 1.29 is 22.1 Å². The molecule has 144 valence electrons. The molecule has 0 unspecified atom stereocenters. The first kappa shape index (κ1) is 18.2. The lowest BCUT2D eigenvalue weighted by atomic mass is 10.1. The third-order valence-electron chi connectivity index (χ3n) is 4.28. The monoisotopic (exact) mass is 399 g/mol. The molecule has 0 aliphatic carbocycles. The van der Waals surface area contributed by atoms with Gasteiger partial charge in [0.15, 0.2) is 5.76 Å². The molecule has 2 heterocycles. The summed E-state index contributed by atoms with van der Waals surface area (Å²) in [5.41, 5.74) is 1.51. The number of ether oxygens (including phenoxy) is 1. The normalized spacial score (nSPS) is 11.8. The van der Waals surface area contributed by atoms with Crippen LogP contribution in [0.3, 0.4) is 0 Å². The van der Waals surface area contributed by atoms with E-state index in [-0.39, 0.29) is 23.2 Å². The molecule has 9 heteroatoms. The molecule has 1 N–H and O–H groups in total. The Labute approximate surface area is 161 Å². The minimum atomic E-state index is -3.67. The smallest absolute Gasteiger partial charge is 0.242 e. The highest BCUT2D eigenvalue weighted by molar-refractivity contribution is 7.89. The first-order chi connectivity index (χ1) is 13.5. The number of nitrogens with zero attached hydrogens (tertiary/aromatic N) is 2. The molecule has 0 aliphatic rings. The molecule has 0 bridgehead atoms. The number of furan rings is 1. The Balaban J connectivity index is 1.57. The van der Waals surface area contributed by atoms with Crippen LogP contribution in [0, 0.1) is 6.92 Å². The van der Waals surface area contributed by atoms with Crippen LogP contribution in [0.2, 0.25) is 0 Å². The van der Waals surface area contributed by atoms with Crippen molar-refractivity contribution in [1.29, 1.82) is 0 Å². The highest BCUT2D eigenvalue weighted by Crippen LogP contribution is 2.33. The van der Waals surface area contributed by atoms with Crippen molar-refractivity contribution in [3.05, 3.63) is 60.0 Å². The van der Waals surface area contributed by atoms with Gasteiger partial charge in [-0.3, -0.25) is 0 Å². The van der Waals surface area contributed by atoms with Crippen molar-refractivity contribution in [2.24, 2.45) is 0 Å². The molecule has 0 aliphatic heterocycles. The van der Waals surface area contributed by atoms with Gasteiger partial charge < -0.3 is 13.7 Å². The molecular weight excluding hydrogens is 382 g/mol. The van der Waals surface area contributed by atoms with Crippen molar-refractivity contribution in [1.82, 2.24) is 14.9 Å². The van der Waals surface area contributed by atoms with Gasteiger partial charge in [0, 0.05) is 10.9 Å². The Hall–Kier alpha value is -3.17. The molecule has 8 nitrogen and oxygen atoms in total. The maximum atomic E-state index is 12.3. The Bertz CT molecular complexity index is 1230. The van der Waals surface area contributed by atoms with Gasteiger partial charge in [0.2, 0.25) is 21.7 Å². The van der Waals surface area contributed by atoms with E-state index in [0.29, 0.717) is 17.1 Å². The van der Waals surface area contributed by atoms with Crippen molar-refractivity contribution in [3.8, 4) is 17.3 Å². The molecule has 4 rings (SSSR count). The quantitative estimate of drug-likeness (QED) is 0.530. The van der Waals surface area contributed by atoms with E-state index in [1.165, 1.54) is 12.1 Å². The van der Waals surface area contributed by atoms with Crippen LogP contribution < -0.4 is 9.46 Å². The summed E-state index contributed by atoms with van der Waals surface area (Å²) in [4.78, 5) is 4.41. The second-order valence-corrected chi connectivity index (χ2v) is 7.83. The molecular formula is C19H17N3O5S. The van der Waals surface area contributed by atoms with Crippen LogP contribution >= 0.6 is 0 Å². The number of hydrogen-bond acceptors (Lipinski definition) is 7. The second-order valence-electron chi connectivity index (χ2n) is 6.07. The molecule has 0 saturated carbocycles. The summed E-state index contributed by atoms with van der Waals surface area (Å²) in [5, 5.41) is 4.79. The Morgan fingerprint density at radius 3 is 2.68 bits per heavy atom.